The van der Waals surface area contributed by atoms with E-state index in [2.05, 4.69) is 15.5 Å². The summed E-state index contributed by atoms with van der Waals surface area (Å²) in [6.07, 6.45) is 1.22. The molecule has 17 heavy (non-hydrogen) atoms. The molecule has 1 aromatic rings. The Morgan fingerprint density at radius 3 is 2.53 bits per heavy atom. The highest BCUT2D eigenvalue weighted by Crippen LogP contribution is 2.07. The maximum absolute atomic E-state index is 11.0. The first-order valence-corrected chi connectivity index (χ1v) is 7.34. The van der Waals surface area contributed by atoms with Gasteiger partial charge in [-0.15, -0.1) is 5.10 Å². The normalized spacial score (nSPS) is 11.5. The Bertz CT molecular complexity index is 444. The largest absolute Gasteiger partial charge is 0.357 e. The van der Waals surface area contributed by atoms with Crippen LogP contribution < -0.4 is 10.2 Å². The van der Waals surface area contributed by atoms with Gasteiger partial charge >= 0.3 is 0 Å². The quantitative estimate of drug-likeness (QED) is 0.753. The van der Waals surface area contributed by atoms with Gasteiger partial charge in [0, 0.05) is 26.4 Å². The predicted octanol–water partition coefficient (Wildman–Crippen LogP) is -0.323. The lowest BCUT2D eigenvalue weighted by molar-refractivity contribution is 0.601. The molecule has 0 aliphatic carbocycles. The molecule has 0 amide bonds. The lowest BCUT2D eigenvalue weighted by atomic mass is 10.3. The van der Waals surface area contributed by atoms with E-state index in [0.717, 1.165) is 5.69 Å². The Kier molecular flexibility index (Phi) is 4.83. The summed E-state index contributed by atoms with van der Waals surface area (Å²) >= 11 is 0. The average molecular weight is 258 g/mol. The van der Waals surface area contributed by atoms with Crippen molar-refractivity contribution in [3.63, 3.8) is 0 Å². The zero-order valence-electron chi connectivity index (χ0n) is 10.3. The molecule has 6 nitrogen and oxygen atoms in total. The summed E-state index contributed by atoms with van der Waals surface area (Å²) in [6, 6.07) is 3.71. The second-order valence-electron chi connectivity index (χ2n) is 3.96. The molecule has 0 fully saturated rings. The van der Waals surface area contributed by atoms with E-state index in [-0.39, 0.29) is 5.75 Å². The number of aromatic nitrogens is 2. The van der Waals surface area contributed by atoms with E-state index < -0.39 is 9.84 Å². The predicted molar refractivity (Wildman–Crippen MR) is 67.8 cm³/mol. The summed E-state index contributed by atoms with van der Waals surface area (Å²) in [5.41, 5.74) is 0.854. The molecule has 1 aromatic heterocycles. The van der Waals surface area contributed by atoms with Crippen molar-refractivity contribution in [1.82, 2.24) is 15.5 Å². The van der Waals surface area contributed by atoms with Crippen LogP contribution in [0, 0.1) is 0 Å². The minimum atomic E-state index is -2.94. The fourth-order valence-electron chi connectivity index (χ4n) is 1.25. The minimum absolute atomic E-state index is 0.115. The van der Waals surface area contributed by atoms with Crippen LogP contribution in [0.3, 0.4) is 0 Å². The van der Waals surface area contributed by atoms with Crippen LogP contribution in [0.1, 0.15) is 5.69 Å². The molecule has 1 N–H and O–H groups in total. The molecule has 0 spiro atoms. The number of sulfone groups is 1. The molecule has 0 saturated carbocycles. The molecular formula is C10H18N4O2S. The van der Waals surface area contributed by atoms with Crippen LogP contribution in [0.25, 0.3) is 0 Å². The van der Waals surface area contributed by atoms with Crippen LogP contribution in [0.5, 0.6) is 0 Å². The first kappa shape index (κ1) is 13.9. The van der Waals surface area contributed by atoms with Gasteiger partial charge in [0.2, 0.25) is 0 Å². The summed E-state index contributed by atoms with van der Waals surface area (Å²) in [5.74, 6) is 0.789. The van der Waals surface area contributed by atoms with E-state index in [0.29, 0.717) is 18.9 Å². The van der Waals surface area contributed by atoms with Gasteiger partial charge < -0.3 is 10.2 Å². The number of hydrogen-bond donors (Lipinski definition) is 1. The van der Waals surface area contributed by atoms with Gasteiger partial charge in [-0.1, -0.05) is 0 Å². The van der Waals surface area contributed by atoms with Crippen LogP contribution in [-0.4, -0.2) is 51.3 Å². The summed E-state index contributed by atoms with van der Waals surface area (Å²) in [7, 11) is 0.696. The Labute approximate surface area is 102 Å². The van der Waals surface area contributed by atoms with E-state index >= 15 is 0 Å². The standard InChI is InChI=1S/C10H18N4O2S/c1-11-8-9-4-5-10(13-12-9)14(2)6-7-17(3,15)16/h4-5,11H,6-8H2,1-3H3. The summed E-state index contributed by atoms with van der Waals surface area (Å²) in [4.78, 5) is 1.78. The third kappa shape index (κ3) is 5.10. The molecule has 0 aliphatic rings. The van der Waals surface area contributed by atoms with Gasteiger partial charge in [0.25, 0.3) is 0 Å². The maximum atomic E-state index is 11.0. The monoisotopic (exact) mass is 258 g/mol. The first-order chi connectivity index (χ1) is 7.92. The number of rotatable bonds is 6. The molecule has 0 aliphatic heterocycles. The molecule has 1 rings (SSSR count). The second kappa shape index (κ2) is 5.92. The zero-order valence-corrected chi connectivity index (χ0v) is 11.2. The Morgan fingerprint density at radius 1 is 1.35 bits per heavy atom. The fraction of sp³-hybridized carbons (Fsp3) is 0.600. The van der Waals surface area contributed by atoms with Crippen LogP contribution >= 0.6 is 0 Å². The molecule has 96 valence electrons. The van der Waals surface area contributed by atoms with Gasteiger partial charge in [0.1, 0.15) is 9.84 Å². The second-order valence-corrected chi connectivity index (χ2v) is 6.22. The molecule has 1 heterocycles. The van der Waals surface area contributed by atoms with Crippen LogP contribution in [0.2, 0.25) is 0 Å². The highest BCUT2D eigenvalue weighted by Gasteiger charge is 2.07. The van der Waals surface area contributed by atoms with Crippen molar-refractivity contribution in [2.75, 3.05) is 37.5 Å². The van der Waals surface area contributed by atoms with Crippen LogP contribution in [0.15, 0.2) is 12.1 Å². The molecule has 0 unspecified atom stereocenters. The maximum Gasteiger partial charge on any atom is 0.151 e. The number of nitrogens with one attached hydrogen (secondary N) is 1. The van der Waals surface area contributed by atoms with Gasteiger partial charge in [-0.05, 0) is 19.2 Å². The van der Waals surface area contributed by atoms with Gasteiger partial charge in [-0.25, -0.2) is 8.42 Å². The van der Waals surface area contributed by atoms with Gasteiger partial charge in [0.05, 0.1) is 11.4 Å². The topological polar surface area (TPSA) is 75.2 Å². The molecule has 0 aromatic carbocycles. The molecular weight excluding hydrogens is 240 g/mol. The van der Waals surface area contributed by atoms with Crippen molar-refractivity contribution >= 4 is 15.7 Å². The average Bonchev–Trinajstić information content (AvgIpc) is 2.26. The van der Waals surface area contributed by atoms with Gasteiger partial charge in [-0.3, -0.25) is 0 Å². The molecule has 0 bridgehead atoms. The smallest absolute Gasteiger partial charge is 0.151 e. The Hall–Kier alpha value is -1.21. The minimum Gasteiger partial charge on any atom is -0.357 e. The first-order valence-electron chi connectivity index (χ1n) is 5.28. The van der Waals surface area contributed by atoms with E-state index in [1.807, 2.05) is 19.2 Å². The van der Waals surface area contributed by atoms with Crippen molar-refractivity contribution in [3.8, 4) is 0 Å². The number of hydrogen-bond acceptors (Lipinski definition) is 6. The molecule has 0 atom stereocenters. The van der Waals surface area contributed by atoms with Gasteiger partial charge in [-0.2, -0.15) is 5.10 Å². The highest BCUT2D eigenvalue weighted by atomic mass is 32.2. The summed E-state index contributed by atoms with van der Waals surface area (Å²) in [5, 5.41) is 11.1. The highest BCUT2D eigenvalue weighted by molar-refractivity contribution is 7.90. The van der Waals surface area contributed by atoms with Crippen molar-refractivity contribution in [3.05, 3.63) is 17.8 Å². The third-order valence-electron chi connectivity index (χ3n) is 2.25. The Morgan fingerprint density at radius 2 is 2.06 bits per heavy atom. The Balaban J connectivity index is 2.60. The lowest BCUT2D eigenvalue weighted by Gasteiger charge is -2.16. The third-order valence-corrected chi connectivity index (χ3v) is 3.18. The van der Waals surface area contributed by atoms with E-state index in [4.69, 9.17) is 0 Å². The van der Waals surface area contributed by atoms with E-state index in [9.17, 15) is 8.42 Å². The van der Waals surface area contributed by atoms with E-state index in [1.165, 1.54) is 6.26 Å². The number of nitrogens with zero attached hydrogens (tertiary/aromatic N) is 3. The fourth-order valence-corrected chi connectivity index (χ4v) is 1.85. The number of anilines is 1. The summed E-state index contributed by atoms with van der Waals surface area (Å²) < 4.78 is 22.1. The van der Waals surface area contributed by atoms with Crippen molar-refractivity contribution in [2.45, 2.75) is 6.54 Å². The lowest BCUT2D eigenvalue weighted by Crippen LogP contribution is -2.26. The zero-order chi connectivity index (χ0) is 12.9. The van der Waals surface area contributed by atoms with Crippen molar-refractivity contribution in [1.29, 1.82) is 0 Å². The van der Waals surface area contributed by atoms with Gasteiger partial charge in [0.15, 0.2) is 5.82 Å². The van der Waals surface area contributed by atoms with E-state index in [1.54, 1.807) is 11.9 Å². The molecule has 7 heteroatoms. The molecule has 0 saturated heterocycles. The SMILES string of the molecule is CNCc1ccc(N(C)CCS(C)(=O)=O)nn1. The van der Waals surface area contributed by atoms with Crippen molar-refractivity contribution in [2.24, 2.45) is 0 Å². The summed E-state index contributed by atoms with van der Waals surface area (Å²) in [6.45, 7) is 1.08. The van der Waals surface area contributed by atoms with Crippen molar-refractivity contribution < 1.29 is 8.42 Å². The van der Waals surface area contributed by atoms with Crippen LogP contribution in [-0.2, 0) is 16.4 Å². The molecule has 0 radical (unpaired) electrons. The van der Waals surface area contributed by atoms with Crippen LogP contribution in [0.4, 0.5) is 5.82 Å².